The highest BCUT2D eigenvalue weighted by molar-refractivity contribution is 6.32. The van der Waals surface area contributed by atoms with Crippen LogP contribution in [-0.2, 0) is 9.53 Å². The molecule has 84 valence electrons. The van der Waals surface area contributed by atoms with E-state index in [4.69, 9.17) is 9.84 Å². The van der Waals surface area contributed by atoms with E-state index in [1.807, 2.05) is 30.3 Å². The topological polar surface area (TPSA) is 46.5 Å². The molecule has 16 heavy (non-hydrogen) atoms. The van der Waals surface area contributed by atoms with Gasteiger partial charge in [0.15, 0.2) is 11.4 Å². The predicted octanol–water partition coefficient (Wildman–Crippen LogP) is 1.42. The summed E-state index contributed by atoms with van der Waals surface area (Å²) in [4.78, 5) is 12.0. The van der Waals surface area contributed by atoms with Gasteiger partial charge in [0.1, 0.15) is 0 Å². The molecule has 1 unspecified atom stereocenters. The molecule has 1 N–H and O–H groups in total. The van der Waals surface area contributed by atoms with Crippen molar-refractivity contribution in [3.8, 4) is 0 Å². The molecule has 0 radical (unpaired) electrons. The van der Waals surface area contributed by atoms with E-state index in [-0.39, 0.29) is 12.4 Å². The number of rotatable bonds is 4. The quantitative estimate of drug-likeness (QED) is 0.831. The summed E-state index contributed by atoms with van der Waals surface area (Å²) < 4.78 is 5.19. The molecule has 1 atom stereocenters. The average molecular weight is 218 g/mol. The Labute approximate surface area is 94.4 Å². The van der Waals surface area contributed by atoms with Crippen molar-refractivity contribution in [2.24, 2.45) is 0 Å². The molecule has 1 aliphatic rings. The maximum Gasteiger partial charge on any atom is 0.199 e. The summed E-state index contributed by atoms with van der Waals surface area (Å²) in [5, 5.41) is 8.91. The van der Waals surface area contributed by atoms with Gasteiger partial charge in [-0.25, -0.2) is 0 Å². The number of hydrogen-bond donors (Lipinski definition) is 1. The van der Waals surface area contributed by atoms with E-state index in [2.05, 4.69) is 0 Å². The summed E-state index contributed by atoms with van der Waals surface area (Å²) in [6.07, 6.45) is 2.11. The fraction of sp³-hybridized carbons (Fsp3) is 0.308. The molecule has 3 heteroatoms. The van der Waals surface area contributed by atoms with Crippen molar-refractivity contribution >= 4 is 11.4 Å². The standard InChI is InChI=1S/C13H14O3/c1-16-13(7-8-14)9-11(12(13)15)10-5-3-2-4-6-10/h2-6,9,14H,7-8H2,1H3. The minimum absolute atomic E-state index is 0.0461. The Morgan fingerprint density at radius 2 is 2.00 bits per heavy atom. The highest BCUT2D eigenvalue weighted by Crippen LogP contribution is 2.38. The van der Waals surface area contributed by atoms with Crippen LogP contribution in [0.2, 0.25) is 0 Å². The van der Waals surface area contributed by atoms with Gasteiger partial charge < -0.3 is 9.84 Å². The maximum absolute atomic E-state index is 12.0. The van der Waals surface area contributed by atoms with Gasteiger partial charge in [0.25, 0.3) is 0 Å². The highest BCUT2D eigenvalue weighted by atomic mass is 16.5. The van der Waals surface area contributed by atoms with E-state index in [0.29, 0.717) is 12.0 Å². The van der Waals surface area contributed by atoms with Crippen LogP contribution < -0.4 is 0 Å². The smallest absolute Gasteiger partial charge is 0.199 e. The number of Topliss-reactive ketones (excluding diaryl/α,β-unsaturated/α-hetero) is 1. The summed E-state index contributed by atoms with van der Waals surface area (Å²) >= 11 is 0. The molecule has 0 aliphatic heterocycles. The largest absolute Gasteiger partial charge is 0.396 e. The van der Waals surface area contributed by atoms with Crippen molar-refractivity contribution in [2.45, 2.75) is 12.0 Å². The number of hydrogen-bond acceptors (Lipinski definition) is 3. The van der Waals surface area contributed by atoms with Crippen molar-refractivity contribution in [1.29, 1.82) is 0 Å². The molecule has 0 saturated carbocycles. The second-order valence-electron chi connectivity index (χ2n) is 3.82. The predicted molar refractivity (Wildman–Crippen MR) is 60.9 cm³/mol. The second-order valence-corrected chi connectivity index (χ2v) is 3.82. The number of benzene rings is 1. The van der Waals surface area contributed by atoms with E-state index in [9.17, 15) is 4.79 Å². The summed E-state index contributed by atoms with van der Waals surface area (Å²) in [6, 6.07) is 9.47. The molecule has 0 bridgehead atoms. The first-order valence-electron chi connectivity index (χ1n) is 5.22. The van der Waals surface area contributed by atoms with E-state index in [1.165, 1.54) is 7.11 Å². The zero-order valence-corrected chi connectivity index (χ0v) is 9.14. The molecule has 1 aliphatic carbocycles. The fourth-order valence-electron chi connectivity index (χ4n) is 1.95. The van der Waals surface area contributed by atoms with Gasteiger partial charge in [-0.2, -0.15) is 0 Å². The summed E-state index contributed by atoms with van der Waals surface area (Å²) in [7, 11) is 1.49. The maximum atomic E-state index is 12.0. The summed E-state index contributed by atoms with van der Waals surface area (Å²) in [5.74, 6) is -0.0461. The fourth-order valence-corrected chi connectivity index (χ4v) is 1.95. The van der Waals surface area contributed by atoms with E-state index in [0.717, 1.165) is 5.56 Å². The summed E-state index contributed by atoms with van der Waals surface area (Å²) in [5.41, 5.74) is 0.675. The second kappa shape index (κ2) is 4.20. The molecular weight excluding hydrogens is 204 g/mol. The molecule has 0 heterocycles. The molecule has 2 rings (SSSR count). The minimum Gasteiger partial charge on any atom is -0.396 e. The third kappa shape index (κ3) is 1.58. The van der Waals surface area contributed by atoms with Crippen molar-refractivity contribution in [2.75, 3.05) is 13.7 Å². The Morgan fingerprint density at radius 1 is 1.31 bits per heavy atom. The molecule has 0 saturated heterocycles. The zero-order chi connectivity index (χ0) is 11.6. The van der Waals surface area contributed by atoms with Crippen LogP contribution in [0.5, 0.6) is 0 Å². The zero-order valence-electron chi connectivity index (χ0n) is 9.14. The van der Waals surface area contributed by atoms with Crippen molar-refractivity contribution in [3.05, 3.63) is 42.0 Å². The molecule has 1 aromatic carbocycles. The van der Waals surface area contributed by atoms with Gasteiger partial charge in [0.2, 0.25) is 0 Å². The highest BCUT2D eigenvalue weighted by Gasteiger charge is 2.46. The number of aliphatic hydroxyl groups excluding tert-OH is 1. The van der Waals surface area contributed by atoms with E-state index < -0.39 is 5.60 Å². The van der Waals surface area contributed by atoms with E-state index in [1.54, 1.807) is 6.08 Å². The Kier molecular flexibility index (Phi) is 2.90. The molecule has 1 aromatic rings. The van der Waals surface area contributed by atoms with Crippen LogP contribution in [-0.4, -0.2) is 30.2 Å². The van der Waals surface area contributed by atoms with Crippen LogP contribution in [0.4, 0.5) is 0 Å². The minimum atomic E-state index is -0.903. The van der Waals surface area contributed by atoms with Gasteiger partial charge in [0.05, 0.1) is 0 Å². The van der Waals surface area contributed by atoms with Crippen LogP contribution in [0.1, 0.15) is 12.0 Å². The van der Waals surface area contributed by atoms with Gasteiger partial charge in [-0.1, -0.05) is 30.3 Å². The monoisotopic (exact) mass is 218 g/mol. The lowest BCUT2D eigenvalue weighted by Crippen LogP contribution is -2.47. The van der Waals surface area contributed by atoms with Crippen molar-refractivity contribution in [1.82, 2.24) is 0 Å². The van der Waals surface area contributed by atoms with Crippen LogP contribution >= 0.6 is 0 Å². The SMILES string of the molecule is COC1(CCO)C=C(c2ccccc2)C1=O. The first-order valence-corrected chi connectivity index (χ1v) is 5.22. The van der Waals surface area contributed by atoms with Crippen LogP contribution in [0.3, 0.4) is 0 Å². The van der Waals surface area contributed by atoms with Crippen LogP contribution in [0, 0.1) is 0 Å². The molecule has 0 aromatic heterocycles. The number of aliphatic hydroxyl groups is 1. The lowest BCUT2D eigenvalue weighted by atomic mass is 9.75. The molecule has 0 fully saturated rings. The normalized spacial score (nSPS) is 23.9. The molecule has 3 nitrogen and oxygen atoms in total. The third-order valence-corrected chi connectivity index (χ3v) is 2.94. The average Bonchev–Trinajstić information content (AvgIpc) is 2.34. The number of ether oxygens (including phenoxy) is 1. The number of methoxy groups -OCH3 is 1. The Morgan fingerprint density at radius 3 is 2.50 bits per heavy atom. The van der Waals surface area contributed by atoms with Gasteiger partial charge in [-0.05, 0) is 11.6 Å². The van der Waals surface area contributed by atoms with E-state index >= 15 is 0 Å². The first-order chi connectivity index (χ1) is 7.73. The van der Waals surface area contributed by atoms with Gasteiger partial charge in [-0.3, -0.25) is 4.79 Å². The Balaban J connectivity index is 2.29. The lowest BCUT2D eigenvalue weighted by molar-refractivity contribution is -0.134. The third-order valence-electron chi connectivity index (χ3n) is 2.94. The number of carbonyl (C=O) groups is 1. The van der Waals surface area contributed by atoms with Crippen molar-refractivity contribution in [3.63, 3.8) is 0 Å². The molecule has 0 spiro atoms. The lowest BCUT2D eigenvalue weighted by Gasteiger charge is -2.36. The summed E-state index contributed by atoms with van der Waals surface area (Å²) in [6.45, 7) is -0.0574. The van der Waals surface area contributed by atoms with Crippen LogP contribution in [0.25, 0.3) is 5.57 Å². The number of carbonyl (C=O) groups excluding carboxylic acids is 1. The molecule has 0 amide bonds. The van der Waals surface area contributed by atoms with Crippen LogP contribution in [0.15, 0.2) is 36.4 Å². The van der Waals surface area contributed by atoms with Gasteiger partial charge >= 0.3 is 0 Å². The number of ketones is 1. The van der Waals surface area contributed by atoms with Gasteiger partial charge in [0, 0.05) is 25.7 Å². The Bertz CT molecular complexity index is 422. The van der Waals surface area contributed by atoms with Crippen molar-refractivity contribution < 1.29 is 14.6 Å². The molecular formula is C13H14O3. The Hall–Kier alpha value is -1.45. The first kappa shape index (κ1) is 11.0. The van der Waals surface area contributed by atoms with Gasteiger partial charge in [-0.15, -0.1) is 0 Å².